The molecule has 22 heavy (non-hydrogen) atoms. The Balaban J connectivity index is 2.24. The number of pyridine rings is 1. The van der Waals surface area contributed by atoms with E-state index in [1.54, 1.807) is 37.4 Å². The van der Waals surface area contributed by atoms with Crippen LogP contribution in [0.1, 0.15) is 21.6 Å². The molecule has 0 fully saturated rings. The Morgan fingerprint density at radius 2 is 2.00 bits per heavy atom. The van der Waals surface area contributed by atoms with Crippen molar-refractivity contribution in [1.82, 2.24) is 15.0 Å². The van der Waals surface area contributed by atoms with Gasteiger partial charge in [-0.3, -0.25) is 9.78 Å². The molecular formula is C15H17N3O3S. The quantitative estimate of drug-likeness (QED) is 0.867. The standard InChI is InChI=1S/C15H17N3O3S/c1-11-6-7-13(9-14(11)15(19)16-2)22(20,21)18-10-12-5-3-4-8-17-12/h3-9,18H,10H2,1-2H3,(H,16,19). The molecule has 0 saturated carbocycles. The molecule has 2 N–H and O–H groups in total. The first-order valence-corrected chi connectivity index (χ1v) is 8.14. The smallest absolute Gasteiger partial charge is 0.251 e. The maximum absolute atomic E-state index is 12.3. The Hall–Kier alpha value is -2.25. The molecule has 1 aromatic carbocycles. The van der Waals surface area contributed by atoms with E-state index >= 15 is 0 Å². The Bertz CT molecular complexity index is 774. The van der Waals surface area contributed by atoms with Crippen LogP contribution in [0.5, 0.6) is 0 Å². The first-order valence-electron chi connectivity index (χ1n) is 6.66. The van der Waals surface area contributed by atoms with Crippen LogP contribution in [0.15, 0.2) is 47.5 Å². The number of hydrogen-bond donors (Lipinski definition) is 2. The van der Waals surface area contributed by atoms with Gasteiger partial charge in [0.2, 0.25) is 10.0 Å². The van der Waals surface area contributed by atoms with E-state index in [2.05, 4.69) is 15.0 Å². The van der Waals surface area contributed by atoms with Crippen molar-refractivity contribution in [1.29, 1.82) is 0 Å². The highest BCUT2D eigenvalue weighted by Gasteiger charge is 2.17. The lowest BCUT2D eigenvalue weighted by Gasteiger charge is -2.10. The number of rotatable bonds is 5. The highest BCUT2D eigenvalue weighted by molar-refractivity contribution is 7.89. The van der Waals surface area contributed by atoms with Crippen LogP contribution >= 0.6 is 0 Å². The van der Waals surface area contributed by atoms with Gasteiger partial charge in [-0.25, -0.2) is 13.1 Å². The third-order valence-corrected chi connectivity index (χ3v) is 4.56. The molecule has 116 valence electrons. The van der Waals surface area contributed by atoms with Gasteiger partial charge in [-0.2, -0.15) is 0 Å². The van der Waals surface area contributed by atoms with Crippen molar-refractivity contribution < 1.29 is 13.2 Å². The van der Waals surface area contributed by atoms with E-state index in [1.165, 1.54) is 19.2 Å². The molecule has 0 unspecified atom stereocenters. The van der Waals surface area contributed by atoms with E-state index < -0.39 is 10.0 Å². The number of carbonyl (C=O) groups excluding carboxylic acids is 1. The number of benzene rings is 1. The minimum Gasteiger partial charge on any atom is -0.355 e. The average molecular weight is 319 g/mol. The number of carbonyl (C=O) groups is 1. The van der Waals surface area contributed by atoms with Gasteiger partial charge in [-0.15, -0.1) is 0 Å². The van der Waals surface area contributed by atoms with Gasteiger partial charge >= 0.3 is 0 Å². The SMILES string of the molecule is CNC(=O)c1cc(S(=O)(=O)NCc2ccccn2)ccc1C. The van der Waals surface area contributed by atoms with Crippen molar-refractivity contribution in [3.05, 3.63) is 59.4 Å². The zero-order chi connectivity index (χ0) is 16.2. The summed E-state index contributed by atoms with van der Waals surface area (Å²) in [6, 6.07) is 9.73. The summed E-state index contributed by atoms with van der Waals surface area (Å²) in [6.07, 6.45) is 1.60. The first-order chi connectivity index (χ1) is 10.4. The van der Waals surface area contributed by atoms with Crippen LogP contribution in [0.4, 0.5) is 0 Å². The van der Waals surface area contributed by atoms with Crippen LogP contribution in [-0.2, 0) is 16.6 Å². The largest absolute Gasteiger partial charge is 0.355 e. The van der Waals surface area contributed by atoms with Crippen LogP contribution in [0.3, 0.4) is 0 Å². The number of sulfonamides is 1. The van der Waals surface area contributed by atoms with Gasteiger partial charge in [-0.05, 0) is 36.8 Å². The zero-order valence-electron chi connectivity index (χ0n) is 12.3. The molecule has 7 heteroatoms. The lowest BCUT2D eigenvalue weighted by Crippen LogP contribution is -2.25. The molecule has 2 aromatic rings. The van der Waals surface area contributed by atoms with Crippen molar-refractivity contribution >= 4 is 15.9 Å². The molecule has 6 nitrogen and oxygen atoms in total. The summed E-state index contributed by atoms with van der Waals surface area (Å²) in [7, 11) is -2.21. The monoisotopic (exact) mass is 319 g/mol. The van der Waals surface area contributed by atoms with Gasteiger partial charge in [0.05, 0.1) is 17.1 Å². The summed E-state index contributed by atoms with van der Waals surface area (Å²) in [5.74, 6) is -0.320. The maximum atomic E-state index is 12.3. The van der Waals surface area contributed by atoms with Gasteiger partial charge in [0.15, 0.2) is 0 Å². The number of aromatic nitrogens is 1. The van der Waals surface area contributed by atoms with E-state index in [9.17, 15) is 13.2 Å². The molecule has 0 atom stereocenters. The van der Waals surface area contributed by atoms with Crippen molar-refractivity contribution in [2.24, 2.45) is 0 Å². The van der Waals surface area contributed by atoms with Crippen molar-refractivity contribution in [3.63, 3.8) is 0 Å². The topological polar surface area (TPSA) is 88.2 Å². The molecular weight excluding hydrogens is 302 g/mol. The third kappa shape index (κ3) is 3.69. The predicted molar refractivity (Wildman–Crippen MR) is 82.8 cm³/mol. The summed E-state index contributed by atoms with van der Waals surface area (Å²) in [5.41, 5.74) is 1.66. The Morgan fingerprint density at radius 1 is 1.23 bits per heavy atom. The lowest BCUT2D eigenvalue weighted by atomic mass is 10.1. The maximum Gasteiger partial charge on any atom is 0.251 e. The van der Waals surface area contributed by atoms with Gasteiger partial charge < -0.3 is 5.32 Å². The van der Waals surface area contributed by atoms with E-state index in [1.807, 2.05) is 0 Å². The highest BCUT2D eigenvalue weighted by Crippen LogP contribution is 2.16. The van der Waals surface area contributed by atoms with Crippen LogP contribution in [0, 0.1) is 6.92 Å². The van der Waals surface area contributed by atoms with Crippen LogP contribution in [0.2, 0.25) is 0 Å². The lowest BCUT2D eigenvalue weighted by molar-refractivity contribution is 0.0962. The van der Waals surface area contributed by atoms with Crippen LogP contribution < -0.4 is 10.0 Å². The number of amides is 1. The average Bonchev–Trinajstić information content (AvgIpc) is 2.53. The van der Waals surface area contributed by atoms with E-state index in [0.717, 1.165) is 0 Å². The molecule has 1 aromatic heterocycles. The van der Waals surface area contributed by atoms with Crippen LogP contribution in [0.25, 0.3) is 0 Å². The van der Waals surface area contributed by atoms with Gasteiger partial charge in [-0.1, -0.05) is 12.1 Å². The summed E-state index contributed by atoms with van der Waals surface area (Å²) < 4.78 is 27.1. The molecule has 0 spiro atoms. The molecule has 0 saturated heterocycles. The zero-order valence-corrected chi connectivity index (χ0v) is 13.1. The van der Waals surface area contributed by atoms with Gasteiger partial charge in [0, 0.05) is 18.8 Å². The van der Waals surface area contributed by atoms with E-state index in [-0.39, 0.29) is 17.3 Å². The molecule has 1 heterocycles. The third-order valence-electron chi connectivity index (χ3n) is 3.16. The Labute approximate surface area is 129 Å². The summed E-state index contributed by atoms with van der Waals surface area (Å²) in [6.45, 7) is 1.84. The number of aryl methyl sites for hydroxylation is 1. The minimum atomic E-state index is -3.71. The van der Waals surface area contributed by atoms with Gasteiger partial charge in [0.25, 0.3) is 5.91 Å². The number of nitrogens with one attached hydrogen (secondary N) is 2. The molecule has 1 amide bonds. The van der Waals surface area contributed by atoms with E-state index in [0.29, 0.717) is 16.8 Å². The number of nitrogens with zero attached hydrogens (tertiary/aromatic N) is 1. The fraction of sp³-hybridized carbons (Fsp3) is 0.200. The van der Waals surface area contributed by atoms with Crippen molar-refractivity contribution in [2.75, 3.05) is 7.05 Å². The second-order valence-corrected chi connectivity index (χ2v) is 6.47. The van der Waals surface area contributed by atoms with Gasteiger partial charge in [0.1, 0.15) is 0 Å². The number of hydrogen-bond acceptors (Lipinski definition) is 4. The second kappa shape index (κ2) is 6.67. The molecule has 0 radical (unpaired) electrons. The summed E-state index contributed by atoms with van der Waals surface area (Å²) in [5, 5.41) is 2.49. The van der Waals surface area contributed by atoms with E-state index in [4.69, 9.17) is 0 Å². The highest BCUT2D eigenvalue weighted by atomic mass is 32.2. The minimum absolute atomic E-state index is 0.0487. The molecule has 0 aliphatic carbocycles. The fourth-order valence-corrected chi connectivity index (χ4v) is 2.93. The summed E-state index contributed by atoms with van der Waals surface area (Å²) >= 11 is 0. The predicted octanol–water partition coefficient (Wildman–Crippen LogP) is 1.23. The fourth-order valence-electron chi connectivity index (χ4n) is 1.90. The second-order valence-electron chi connectivity index (χ2n) is 4.70. The molecule has 2 rings (SSSR count). The normalized spacial score (nSPS) is 11.2. The Morgan fingerprint density at radius 3 is 2.64 bits per heavy atom. The van der Waals surface area contributed by atoms with Crippen molar-refractivity contribution in [3.8, 4) is 0 Å². The molecule has 0 bridgehead atoms. The first kappa shape index (κ1) is 16.1. The summed E-state index contributed by atoms with van der Waals surface area (Å²) in [4.78, 5) is 15.9. The molecule has 0 aliphatic rings. The van der Waals surface area contributed by atoms with Crippen LogP contribution in [-0.4, -0.2) is 26.4 Å². The Kier molecular flexibility index (Phi) is 4.89. The molecule has 0 aliphatic heterocycles. The van der Waals surface area contributed by atoms with Crippen molar-refractivity contribution in [2.45, 2.75) is 18.4 Å².